The van der Waals surface area contributed by atoms with Crippen molar-refractivity contribution in [1.29, 1.82) is 0 Å². The molecule has 20 heavy (non-hydrogen) atoms. The van der Waals surface area contributed by atoms with E-state index in [2.05, 4.69) is 10.4 Å². The molecule has 0 bridgehead atoms. The zero-order valence-corrected chi connectivity index (χ0v) is 11.8. The Kier molecular flexibility index (Phi) is 3.96. The van der Waals surface area contributed by atoms with E-state index >= 15 is 0 Å². The first-order valence-corrected chi connectivity index (χ1v) is 6.71. The Labute approximate surface area is 117 Å². The van der Waals surface area contributed by atoms with Crippen LogP contribution in [0.3, 0.4) is 0 Å². The fourth-order valence-electron chi connectivity index (χ4n) is 2.47. The van der Waals surface area contributed by atoms with E-state index in [1.165, 1.54) is 4.90 Å². The summed E-state index contributed by atoms with van der Waals surface area (Å²) in [6.07, 6.45) is 4.86. The molecule has 110 valence electrons. The van der Waals surface area contributed by atoms with E-state index < -0.39 is 11.5 Å². The van der Waals surface area contributed by atoms with Gasteiger partial charge in [0.1, 0.15) is 5.54 Å². The van der Waals surface area contributed by atoms with Crippen molar-refractivity contribution in [3.05, 3.63) is 18.0 Å². The van der Waals surface area contributed by atoms with E-state index in [1.807, 2.05) is 13.1 Å². The van der Waals surface area contributed by atoms with Gasteiger partial charge in [-0.1, -0.05) is 0 Å². The molecular weight excluding hydrogens is 260 g/mol. The van der Waals surface area contributed by atoms with Gasteiger partial charge < -0.3 is 15.3 Å². The van der Waals surface area contributed by atoms with Crippen molar-refractivity contribution in [2.45, 2.75) is 38.8 Å². The Balaban J connectivity index is 1.87. The average Bonchev–Trinajstić information content (AvgIpc) is 2.96. The van der Waals surface area contributed by atoms with Crippen LogP contribution in [-0.4, -0.2) is 50.4 Å². The van der Waals surface area contributed by atoms with Crippen LogP contribution in [0.4, 0.5) is 4.79 Å². The lowest BCUT2D eigenvalue weighted by Crippen LogP contribution is -2.54. The van der Waals surface area contributed by atoms with Gasteiger partial charge in [-0.25, -0.2) is 9.59 Å². The Morgan fingerprint density at radius 2 is 2.30 bits per heavy atom. The Morgan fingerprint density at radius 1 is 1.55 bits per heavy atom. The molecule has 2 amide bonds. The van der Waals surface area contributed by atoms with Crippen molar-refractivity contribution in [3.8, 4) is 0 Å². The lowest BCUT2D eigenvalue weighted by molar-refractivity contribution is -0.147. The highest BCUT2D eigenvalue weighted by Gasteiger charge is 2.45. The maximum atomic E-state index is 12.1. The van der Waals surface area contributed by atoms with E-state index in [-0.39, 0.29) is 6.03 Å². The first-order chi connectivity index (χ1) is 9.43. The number of carbonyl (C=O) groups is 2. The number of amides is 2. The number of carboxylic acid groups (broad SMARTS) is 1. The summed E-state index contributed by atoms with van der Waals surface area (Å²) in [5.74, 6) is -0.951. The lowest BCUT2D eigenvalue weighted by Gasteiger charge is -2.31. The first-order valence-electron chi connectivity index (χ1n) is 6.71. The number of aromatic nitrogens is 2. The first kappa shape index (κ1) is 14.4. The predicted octanol–water partition coefficient (Wildman–Crippen LogP) is 0.840. The molecule has 1 aliphatic heterocycles. The smallest absolute Gasteiger partial charge is 0.329 e. The zero-order valence-electron chi connectivity index (χ0n) is 11.8. The molecule has 7 nitrogen and oxygen atoms in total. The summed E-state index contributed by atoms with van der Waals surface area (Å²) in [5, 5.41) is 16.1. The van der Waals surface area contributed by atoms with Crippen LogP contribution < -0.4 is 5.32 Å². The summed E-state index contributed by atoms with van der Waals surface area (Å²) in [4.78, 5) is 24.8. The number of carbonyl (C=O) groups excluding carboxylic acids is 1. The normalized spacial score (nSPS) is 22.0. The van der Waals surface area contributed by atoms with Crippen LogP contribution in [0, 0.1) is 6.92 Å². The molecular formula is C13H20N4O3. The molecule has 0 saturated carbocycles. The minimum absolute atomic E-state index is 0.323. The minimum atomic E-state index is -1.09. The number of aliphatic carboxylic acids is 1. The molecule has 2 N–H and O–H groups in total. The van der Waals surface area contributed by atoms with E-state index in [0.717, 1.165) is 5.56 Å². The molecule has 1 atom stereocenters. The van der Waals surface area contributed by atoms with Crippen molar-refractivity contribution in [3.63, 3.8) is 0 Å². The fourth-order valence-corrected chi connectivity index (χ4v) is 2.47. The molecule has 1 aromatic rings. The van der Waals surface area contributed by atoms with Crippen molar-refractivity contribution in [1.82, 2.24) is 20.0 Å². The maximum absolute atomic E-state index is 12.1. The molecule has 0 spiro atoms. The van der Waals surface area contributed by atoms with Gasteiger partial charge >= 0.3 is 12.0 Å². The summed E-state index contributed by atoms with van der Waals surface area (Å²) < 4.78 is 1.75. The number of urea groups is 1. The molecule has 2 heterocycles. The van der Waals surface area contributed by atoms with E-state index in [4.69, 9.17) is 0 Å². The highest BCUT2D eigenvalue weighted by Crippen LogP contribution is 2.28. The van der Waals surface area contributed by atoms with Crippen LogP contribution in [0.25, 0.3) is 0 Å². The molecule has 1 aliphatic rings. The molecule has 0 radical (unpaired) electrons. The number of hydrogen-bond acceptors (Lipinski definition) is 3. The van der Waals surface area contributed by atoms with Crippen LogP contribution in [0.15, 0.2) is 12.4 Å². The summed E-state index contributed by atoms with van der Waals surface area (Å²) in [5.41, 5.74) is -0.0267. The third kappa shape index (κ3) is 2.76. The summed E-state index contributed by atoms with van der Waals surface area (Å²) in [6.45, 7) is 5.02. The predicted molar refractivity (Wildman–Crippen MR) is 72.3 cm³/mol. The molecule has 7 heteroatoms. The Morgan fingerprint density at radius 3 is 2.90 bits per heavy atom. The average molecular weight is 280 g/mol. The van der Waals surface area contributed by atoms with Gasteiger partial charge in [-0.05, 0) is 32.3 Å². The van der Waals surface area contributed by atoms with Crippen LogP contribution in [0.2, 0.25) is 0 Å². The van der Waals surface area contributed by atoms with Crippen LogP contribution >= 0.6 is 0 Å². The third-order valence-electron chi connectivity index (χ3n) is 3.73. The monoisotopic (exact) mass is 280 g/mol. The molecule has 2 rings (SSSR count). The number of nitrogens with one attached hydrogen (secondary N) is 1. The van der Waals surface area contributed by atoms with Crippen molar-refractivity contribution in [2.24, 2.45) is 0 Å². The van der Waals surface area contributed by atoms with Gasteiger partial charge in [0.15, 0.2) is 0 Å². The molecule has 1 saturated heterocycles. The second-order valence-corrected chi connectivity index (χ2v) is 5.35. The molecule has 1 aromatic heterocycles. The second kappa shape index (κ2) is 5.52. The summed E-state index contributed by atoms with van der Waals surface area (Å²) in [7, 11) is 0. The van der Waals surface area contributed by atoms with Crippen LogP contribution in [-0.2, 0) is 11.3 Å². The zero-order chi connectivity index (χ0) is 14.8. The van der Waals surface area contributed by atoms with Gasteiger partial charge in [0.25, 0.3) is 0 Å². The van der Waals surface area contributed by atoms with Gasteiger partial charge in [0.2, 0.25) is 0 Å². The van der Waals surface area contributed by atoms with Gasteiger partial charge in [-0.15, -0.1) is 0 Å². The number of nitrogens with zero attached hydrogens (tertiary/aromatic N) is 3. The van der Waals surface area contributed by atoms with Crippen LogP contribution in [0.5, 0.6) is 0 Å². The van der Waals surface area contributed by atoms with E-state index in [1.54, 1.807) is 17.8 Å². The lowest BCUT2D eigenvalue weighted by atomic mass is 10.00. The standard InChI is InChI=1S/C13H20N4O3/c1-10-8-15-16(9-10)7-5-14-12(20)17-6-3-4-13(17,2)11(18)19/h8-9H,3-7H2,1-2H3,(H,14,20)(H,18,19). The van der Waals surface area contributed by atoms with Crippen molar-refractivity contribution < 1.29 is 14.7 Å². The Bertz CT molecular complexity index is 513. The summed E-state index contributed by atoms with van der Waals surface area (Å²) >= 11 is 0. The number of aryl methyl sites for hydroxylation is 1. The fraction of sp³-hybridized carbons (Fsp3) is 0.615. The SMILES string of the molecule is Cc1cnn(CCNC(=O)N2CCCC2(C)C(=O)O)c1. The molecule has 0 aliphatic carbocycles. The maximum Gasteiger partial charge on any atom is 0.329 e. The number of rotatable bonds is 4. The van der Waals surface area contributed by atoms with E-state index in [0.29, 0.717) is 32.5 Å². The topological polar surface area (TPSA) is 87.5 Å². The number of hydrogen-bond donors (Lipinski definition) is 2. The summed E-state index contributed by atoms with van der Waals surface area (Å²) in [6, 6.07) is -0.323. The van der Waals surface area contributed by atoms with Gasteiger partial charge in [-0.2, -0.15) is 5.10 Å². The quantitative estimate of drug-likeness (QED) is 0.855. The number of carboxylic acids is 1. The Hall–Kier alpha value is -2.05. The number of likely N-dealkylation sites (tertiary alicyclic amines) is 1. The molecule has 1 fully saturated rings. The van der Waals surface area contributed by atoms with E-state index in [9.17, 15) is 14.7 Å². The van der Waals surface area contributed by atoms with Gasteiger partial charge in [-0.3, -0.25) is 4.68 Å². The second-order valence-electron chi connectivity index (χ2n) is 5.35. The van der Waals surface area contributed by atoms with Crippen molar-refractivity contribution in [2.75, 3.05) is 13.1 Å². The van der Waals surface area contributed by atoms with Gasteiger partial charge in [0, 0.05) is 19.3 Å². The minimum Gasteiger partial charge on any atom is -0.480 e. The largest absolute Gasteiger partial charge is 0.480 e. The highest BCUT2D eigenvalue weighted by molar-refractivity contribution is 5.86. The van der Waals surface area contributed by atoms with Crippen LogP contribution in [0.1, 0.15) is 25.3 Å². The van der Waals surface area contributed by atoms with Gasteiger partial charge in [0.05, 0.1) is 12.7 Å². The highest BCUT2D eigenvalue weighted by atomic mass is 16.4. The molecule has 0 aromatic carbocycles. The molecule has 1 unspecified atom stereocenters. The third-order valence-corrected chi connectivity index (χ3v) is 3.73. The van der Waals surface area contributed by atoms with Crippen molar-refractivity contribution >= 4 is 12.0 Å².